The van der Waals surface area contributed by atoms with Crippen molar-refractivity contribution in [2.24, 2.45) is 0 Å². The predicted octanol–water partition coefficient (Wildman–Crippen LogP) is 2.56. The molecule has 1 aromatic carbocycles. The summed E-state index contributed by atoms with van der Waals surface area (Å²) in [5.41, 5.74) is 0.511. The van der Waals surface area contributed by atoms with Gasteiger partial charge in [0.05, 0.1) is 11.5 Å². The predicted molar refractivity (Wildman–Crippen MR) is 89.5 cm³/mol. The zero-order chi connectivity index (χ0) is 18.7. The fourth-order valence-corrected chi connectivity index (χ4v) is 1.78. The highest BCUT2D eigenvalue weighted by molar-refractivity contribution is 5.81. The summed E-state index contributed by atoms with van der Waals surface area (Å²) in [5, 5.41) is 12.9. The summed E-state index contributed by atoms with van der Waals surface area (Å²) in [6.07, 6.45) is 5.95. The summed E-state index contributed by atoms with van der Waals surface area (Å²) in [5.74, 6) is 1.69. The molecule has 0 saturated heterocycles. The van der Waals surface area contributed by atoms with Gasteiger partial charge in [0.1, 0.15) is 12.6 Å². The fraction of sp³-hybridized carbons (Fsp3) is 0.412. The van der Waals surface area contributed by atoms with Gasteiger partial charge in [-0.3, -0.25) is 10.1 Å². The van der Waals surface area contributed by atoms with E-state index in [4.69, 9.17) is 15.9 Å². The Bertz CT molecular complexity index is 636. The third-order valence-corrected chi connectivity index (χ3v) is 3.16. The topological polar surface area (TPSA) is 108 Å². The quantitative estimate of drug-likeness (QED) is 0.242. The molecular formula is C17H20N2O6. The molecule has 8 nitrogen and oxygen atoms in total. The molecule has 0 bridgehead atoms. The number of benzene rings is 1. The van der Waals surface area contributed by atoms with E-state index in [2.05, 4.69) is 11.2 Å². The summed E-state index contributed by atoms with van der Waals surface area (Å²) >= 11 is 0. The van der Waals surface area contributed by atoms with Crippen molar-refractivity contribution in [1.29, 1.82) is 0 Å². The molecule has 1 aromatic rings. The molecule has 134 valence electrons. The maximum Gasteiger partial charge on any atom is 0.408 e. The molecule has 0 spiro atoms. The van der Waals surface area contributed by atoms with Gasteiger partial charge in [0.15, 0.2) is 0 Å². The van der Waals surface area contributed by atoms with Crippen LogP contribution in [0, 0.1) is 22.5 Å². The minimum absolute atomic E-state index is 0.0163. The van der Waals surface area contributed by atoms with Crippen LogP contribution < -0.4 is 5.32 Å². The van der Waals surface area contributed by atoms with Gasteiger partial charge in [-0.25, -0.2) is 9.59 Å². The first-order chi connectivity index (χ1) is 12.0. The number of rotatable bonds is 9. The van der Waals surface area contributed by atoms with Crippen molar-refractivity contribution in [3.8, 4) is 12.3 Å². The van der Waals surface area contributed by atoms with Gasteiger partial charge in [0.25, 0.3) is 5.69 Å². The van der Waals surface area contributed by atoms with Gasteiger partial charge < -0.3 is 14.8 Å². The Kier molecular flexibility index (Phi) is 8.50. The van der Waals surface area contributed by atoms with Gasteiger partial charge >= 0.3 is 12.1 Å². The Hall–Kier alpha value is -3.08. The summed E-state index contributed by atoms with van der Waals surface area (Å²) in [6, 6.07) is 4.59. The number of ether oxygens (including phenoxy) is 2. The second kappa shape index (κ2) is 10.6. The highest BCUT2D eigenvalue weighted by atomic mass is 16.6. The van der Waals surface area contributed by atoms with Crippen LogP contribution in [0.3, 0.4) is 0 Å². The average molecular weight is 348 g/mol. The van der Waals surface area contributed by atoms with Crippen LogP contribution in [-0.4, -0.2) is 29.6 Å². The Morgan fingerprint density at radius 3 is 2.56 bits per heavy atom. The third kappa shape index (κ3) is 7.35. The van der Waals surface area contributed by atoms with Crippen LogP contribution in [0.4, 0.5) is 10.5 Å². The number of unbranched alkanes of at least 4 members (excludes halogenated alkanes) is 1. The number of esters is 1. The van der Waals surface area contributed by atoms with E-state index in [1.807, 2.05) is 6.92 Å². The molecular weight excluding hydrogens is 328 g/mol. The molecule has 1 N–H and O–H groups in total. The second-order valence-corrected chi connectivity index (χ2v) is 5.13. The van der Waals surface area contributed by atoms with Gasteiger partial charge in [-0.15, -0.1) is 12.3 Å². The maximum atomic E-state index is 11.9. The van der Waals surface area contributed by atoms with E-state index >= 15 is 0 Å². The first-order valence-electron chi connectivity index (χ1n) is 7.74. The number of carbonyl (C=O) groups is 2. The fourth-order valence-electron chi connectivity index (χ4n) is 1.78. The Labute approximate surface area is 145 Å². The van der Waals surface area contributed by atoms with Crippen molar-refractivity contribution in [2.75, 3.05) is 6.61 Å². The molecule has 1 amide bonds. The van der Waals surface area contributed by atoms with E-state index < -0.39 is 23.0 Å². The van der Waals surface area contributed by atoms with E-state index in [0.29, 0.717) is 5.56 Å². The molecule has 0 aliphatic rings. The molecule has 0 fully saturated rings. The van der Waals surface area contributed by atoms with E-state index in [-0.39, 0.29) is 25.3 Å². The number of nitro groups is 1. The number of nitrogens with zero attached hydrogens (tertiary/aromatic N) is 1. The lowest BCUT2D eigenvalue weighted by molar-refractivity contribution is -0.384. The molecule has 0 heterocycles. The summed E-state index contributed by atoms with van der Waals surface area (Å²) in [6.45, 7) is 2.12. The van der Waals surface area contributed by atoms with Crippen molar-refractivity contribution in [2.45, 2.75) is 38.8 Å². The summed E-state index contributed by atoms with van der Waals surface area (Å²) in [7, 11) is 0. The normalized spacial score (nSPS) is 11.0. The largest absolute Gasteiger partial charge is 0.464 e. The molecule has 1 rings (SSSR count). The van der Waals surface area contributed by atoms with E-state index in [1.54, 1.807) is 0 Å². The lowest BCUT2D eigenvalue weighted by Crippen LogP contribution is -2.42. The Morgan fingerprint density at radius 2 is 2.00 bits per heavy atom. The van der Waals surface area contributed by atoms with Crippen LogP contribution in [0.2, 0.25) is 0 Å². The molecule has 0 saturated carbocycles. The number of amides is 1. The summed E-state index contributed by atoms with van der Waals surface area (Å²) < 4.78 is 10.0. The first-order valence-corrected chi connectivity index (χ1v) is 7.74. The standard InChI is InChI=1S/C17H20N2O6/c1-3-5-11-24-16(20)15(6-4-2)18-17(21)25-12-13-7-9-14(10-8-13)19(22)23/h2,7-10,15H,3,5-6,11-12H2,1H3,(H,18,21). The van der Waals surface area contributed by atoms with Gasteiger partial charge in [-0.2, -0.15) is 0 Å². The highest BCUT2D eigenvalue weighted by Crippen LogP contribution is 2.12. The van der Waals surface area contributed by atoms with Crippen molar-refractivity contribution in [3.63, 3.8) is 0 Å². The van der Waals surface area contributed by atoms with Crippen LogP contribution in [0.1, 0.15) is 31.7 Å². The Balaban J connectivity index is 2.50. The van der Waals surface area contributed by atoms with E-state index in [0.717, 1.165) is 12.8 Å². The monoisotopic (exact) mass is 348 g/mol. The third-order valence-electron chi connectivity index (χ3n) is 3.16. The minimum atomic E-state index is -0.980. The van der Waals surface area contributed by atoms with Gasteiger partial charge in [0, 0.05) is 18.6 Å². The molecule has 1 atom stereocenters. The lowest BCUT2D eigenvalue weighted by Gasteiger charge is -2.15. The number of terminal acetylenes is 1. The molecule has 0 aromatic heterocycles. The molecule has 25 heavy (non-hydrogen) atoms. The van der Waals surface area contributed by atoms with Gasteiger partial charge in [-0.1, -0.05) is 13.3 Å². The minimum Gasteiger partial charge on any atom is -0.464 e. The van der Waals surface area contributed by atoms with Crippen LogP contribution in [0.5, 0.6) is 0 Å². The second-order valence-electron chi connectivity index (χ2n) is 5.13. The zero-order valence-electron chi connectivity index (χ0n) is 13.9. The number of alkyl carbamates (subject to hydrolysis) is 1. The number of hydrogen-bond donors (Lipinski definition) is 1. The SMILES string of the molecule is C#CCC(NC(=O)OCc1ccc([N+](=O)[O-])cc1)C(=O)OCCCC. The van der Waals surface area contributed by atoms with Gasteiger partial charge in [0.2, 0.25) is 0 Å². The number of nitrogens with one attached hydrogen (secondary N) is 1. The lowest BCUT2D eigenvalue weighted by atomic mass is 10.2. The van der Waals surface area contributed by atoms with Crippen molar-refractivity contribution in [3.05, 3.63) is 39.9 Å². The van der Waals surface area contributed by atoms with Crippen molar-refractivity contribution < 1.29 is 24.0 Å². The number of non-ortho nitro benzene ring substituents is 1. The zero-order valence-corrected chi connectivity index (χ0v) is 13.9. The smallest absolute Gasteiger partial charge is 0.408 e. The van der Waals surface area contributed by atoms with Gasteiger partial charge in [-0.05, 0) is 24.1 Å². The van der Waals surface area contributed by atoms with Crippen molar-refractivity contribution >= 4 is 17.7 Å². The van der Waals surface area contributed by atoms with E-state index in [1.165, 1.54) is 24.3 Å². The molecule has 0 aliphatic carbocycles. The molecule has 1 unspecified atom stereocenters. The van der Waals surface area contributed by atoms with Crippen LogP contribution in [0.25, 0.3) is 0 Å². The molecule has 8 heteroatoms. The maximum absolute atomic E-state index is 11.9. The average Bonchev–Trinajstić information content (AvgIpc) is 2.60. The van der Waals surface area contributed by atoms with Crippen LogP contribution >= 0.6 is 0 Å². The van der Waals surface area contributed by atoms with Crippen LogP contribution in [0.15, 0.2) is 24.3 Å². The van der Waals surface area contributed by atoms with Crippen LogP contribution in [-0.2, 0) is 20.9 Å². The number of hydrogen-bond acceptors (Lipinski definition) is 6. The van der Waals surface area contributed by atoms with E-state index in [9.17, 15) is 19.7 Å². The first kappa shape index (κ1) is 20.0. The van der Waals surface area contributed by atoms with Crippen molar-refractivity contribution in [1.82, 2.24) is 5.32 Å². The Morgan fingerprint density at radius 1 is 1.32 bits per heavy atom. The number of carbonyl (C=O) groups excluding carboxylic acids is 2. The highest BCUT2D eigenvalue weighted by Gasteiger charge is 2.22. The molecule has 0 aliphatic heterocycles. The summed E-state index contributed by atoms with van der Waals surface area (Å²) in [4.78, 5) is 33.7. The number of nitro benzene ring substituents is 1. The molecule has 0 radical (unpaired) electrons.